The second-order valence-electron chi connectivity index (χ2n) is 9.58. The fourth-order valence-electron chi connectivity index (χ4n) is 4.77. The van der Waals surface area contributed by atoms with E-state index in [0.717, 1.165) is 31.4 Å². The maximum atomic E-state index is 14.2. The number of hydrogen-bond donors (Lipinski definition) is 1. The number of benzene rings is 2. The monoisotopic (exact) mass is 484 g/mol. The van der Waals surface area contributed by atoms with E-state index < -0.39 is 11.6 Å². The number of likely N-dealkylation sites (N-methyl/N-ethyl adjacent to an activating group) is 1. The van der Waals surface area contributed by atoms with Gasteiger partial charge in [0.05, 0.1) is 18.7 Å². The molecule has 1 saturated carbocycles. The molecule has 2 aromatic rings. The third-order valence-corrected chi connectivity index (χ3v) is 7.04. The lowest BCUT2D eigenvalue weighted by Crippen LogP contribution is -2.32. The van der Waals surface area contributed by atoms with Gasteiger partial charge in [0.25, 0.3) is 5.91 Å². The van der Waals surface area contributed by atoms with Gasteiger partial charge < -0.3 is 24.4 Å². The lowest BCUT2D eigenvalue weighted by Gasteiger charge is -2.31. The highest BCUT2D eigenvalue weighted by Crippen LogP contribution is 2.34. The van der Waals surface area contributed by atoms with Crippen LogP contribution < -0.4 is 9.47 Å². The highest BCUT2D eigenvalue weighted by Gasteiger charge is 2.34. The van der Waals surface area contributed by atoms with Crippen LogP contribution in [0.2, 0.25) is 0 Å². The minimum atomic E-state index is -0.811. The maximum Gasteiger partial charge on any atom is 0.257 e. The predicted octanol–water partition coefficient (Wildman–Crippen LogP) is 4.23. The average molecular weight is 485 g/mol. The molecule has 2 amide bonds. The molecular formula is C27H33FN2O5. The second-order valence-corrected chi connectivity index (χ2v) is 9.58. The smallest absolute Gasteiger partial charge is 0.257 e. The highest BCUT2D eigenvalue weighted by molar-refractivity contribution is 5.99. The van der Waals surface area contributed by atoms with E-state index in [1.807, 2.05) is 24.3 Å². The van der Waals surface area contributed by atoms with E-state index >= 15 is 0 Å². The van der Waals surface area contributed by atoms with E-state index in [4.69, 9.17) is 9.47 Å². The molecule has 2 aromatic carbocycles. The van der Waals surface area contributed by atoms with Crippen LogP contribution in [0.3, 0.4) is 0 Å². The first kappa shape index (κ1) is 24.8. The normalized spacial score (nSPS) is 19.4. The summed E-state index contributed by atoms with van der Waals surface area (Å²) in [5, 5.41) is 9.58. The molecular weight excluding hydrogens is 451 g/mol. The lowest BCUT2D eigenvalue weighted by atomic mass is 9.82. The van der Waals surface area contributed by atoms with Crippen LogP contribution >= 0.6 is 0 Å². The molecule has 1 fully saturated rings. The molecule has 8 heteroatoms. The van der Waals surface area contributed by atoms with E-state index in [2.05, 4.69) is 0 Å². The third-order valence-electron chi connectivity index (χ3n) is 7.04. The summed E-state index contributed by atoms with van der Waals surface area (Å²) in [5.41, 5.74) is 0.661. The van der Waals surface area contributed by atoms with Crippen LogP contribution in [0.15, 0.2) is 36.4 Å². The SMILES string of the molecule is CC(=O)N(C)CCOc1cccc(OCC2CCC(CN3Cc4ccc(O)c(F)c4C3=O)CC2)c1. The molecule has 1 aliphatic heterocycles. The topological polar surface area (TPSA) is 79.3 Å². The summed E-state index contributed by atoms with van der Waals surface area (Å²) in [6.45, 7) is 4.11. The number of rotatable bonds is 9. The van der Waals surface area contributed by atoms with Crippen molar-refractivity contribution in [1.29, 1.82) is 0 Å². The molecule has 1 heterocycles. The Kier molecular flexibility index (Phi) is 7.78. The summed E-state index contributed by atoms with van der Waals surface area (Å²) < 4.78 is 26.0. The Labute approximate surface area is 205 Å². The molecule has 0 radical (unpaired) electrons. The van der Waals surface area contributed by atoms with Crippen molar-refractivity contribution in [1.82, 2.24) is 9.80 Å². The first-order chi connectivity index (χ1) is 16.8. The van der Waals surface area contributed by atoms with Gasteiger partial charge in [-0.15, -0.1) is 0 Å². The van der Waals surface area contributed by atoms with E-state index in [1.165, 1.54) is 13.0 Å². The fourth-order valence-corrected chi connectivity index (χ4v) is 4.77. The molecule has 7 nitrogen and oxygen atoms in total. The van der Waals surface area contributed by atoms with Crippen LogP contribution in [-0.2, 0) is 11.3 Å². The Morgan fingerprint density at radius 3 is 2.51 bits per heavy atom. The number of halogens is 1. The Hall–Kier alpha value is -3.29. The maximum absolute atomic E-state index is 14.2. The van der Waals surface area contributed by atoms with Gasteiger partial charge in [-0.05, 0) is 61.3 Å². The van der Waals surface area contributed by atoms with Gasteiger partial charge in [0.2, 0.25) is 5.91 Å². The van der Waals surface area contributed by atoms with Crippen molar-refractivity contribution < 1.29 is 28.6 Å². The largest absolute Gasteiger partial charge is 0.505 e. The standard InChI is InChI=1S/C27H33FN2O5/c1-18(31)29(2)12-13-34-22-4-3-5-23(14-22)35-17-20-8-6-19(7-9-20)15-30-16-21-10-11-24(32)26(28)25(21)27(30)33/h3-5,10-11,14,19-20,32H,6-9,12-13,15-17H2,1-2H3. The molecule has 4 rings (SSSR count). The molecule has 0 unspecified atom stereocenters. The summed E-state index contributed by atoms with van der Waals surface area (Å²) in [6.07, 6.45) is 4.02. The zero-order valence-electron chi connectivity index (χ0n) is 20.3. The molecule has 0 saturated heterocycles. The highest BCUT2D eigenvalue weighted by atomic mass is 19.1. The number of nitrogens with zero attached hydrogens (tertiary/aromatic N) is 2. The van der Waals surface area contributed by atoms with Crippen molar-refractivity contribution in [2.45, 2.75) is 39.2 Å². The Bertz CT molecular complexity index is 1070. The number of phenolic OH excluding ortho intramolecular Hbond substituents is 1. The van der Waals surface area contributed by atoms with Crippen LogP contribution in [0.4, 0.5) is 4.39 Å². The minimum absolute atomic E-state index is 0.00622. The summed E-state index contributed by atoms with van der Waals surface area (Å²) in [7, 11) is 1.74. The van der Waals surface area contributed by atoms with Gasteiger partial charge in [-0.1, -0.05) is 12.1 Å². The van der Waals surface area contributed by atoms with Gasteiger partial charge in [-0.3, -0.25) is 9.59 Å². The number of phenols is 1. The Balaban J connectivity index is 1.19. The zero-order chi connectivity index (χ0) is 24.9. The van der Waals surface area contributed by atoms with Crippen molar-refractivity contribution in [2.75, 3.05) is 33.4 Å². The molecule has 0 aromatic heterocycles. The number of carbonyl (C=O) groups is 2. The van der Waals surface area contributed by atoms with Crippen molar-refractivity contribution >= 4 is 11.8 Å². The van der Waals surface area contributed by atoms with Crippen LogP contribution in [0, 0.1) is 17.7 Å². The molecule has 1 N–H and O–H groups in total. The molecule has 0 spiro atoms. The molecule has 0 atom stereocenters. The van der Waals surface area contributed by atoms with Crippen molar-refractivity contribution in [3.05, 3.63) is 53.3 Å². The number of aromatic hydroxyl groups is 1. The Morgan fingerprint density at radius 1 is 1.11 bits per heavy atom. The molecule has 35 heavy (non-hydrogen) atoms. The minimum Gasteiger partial charge on any atom is -0.505 e. The van der Waals surface area contributed by atoms with Gasteiger partial charge in [-0.25, -0.2) is 4.39 Å². The number of ether oxygens (including phenoxy) is 2. The second kappa shape index (κ2) is 11.0. The summed E-state index contributed by atoms with van der Waals surface area (Å²) >= 11 is 0. The summed E-state index contributed by atoms with van der Waals surface area (Å²) in [6, 6.07) is 10.5. The Morgan fingerprint density at radius 2 is 1.80 bits per heavy atom. The van der Waals surface area contributed by atoms with Crippen LogP contribution in [0.25, 0.3) is 0 Å². The zero-order valence-corrected chi connectivity index (χ0v) is 20.3. The van der Waals surface area contributed by atoms with Gasteiger partial charge in [0.1, 0.15) is 18.1 Å². The summed E-state index contributed by atoms with van der Waals surface area (Å²) in [5.74, 6) is 0.692. The van der Waals surface area contributed by atoms with Crippen LogP contribution in [0.1, 0.15) is 48.5 Å². The molecule has 188 valence electrons. The first-order valence-corrected chi connectivity index (χ1v) is 12.2. The molecule has 1 aliphatic carbocycles. The third kappa shape index (κ3) is 6.05. The predicted molar refractivity (Wildman–Crippen MR) is 129 cm³/mol. The van der Waals surface area contributed by atoms with Crippen LogP contribution in [-0.4, -0.2) is 60.1 Å². The van der Waals surface area contributed by atoms with Gasteiger partial charge >= 0.3 is 0 Å². The molecule has 2 aliphatic rings. The first-order valence-electron chi connectivity index (χ1n) is 12.2. The van der Waals surface area contributed by atoms with E-state index in [1.54, 1.807) is 22.9 Å². The number of amides is 2. The quantitative estimate of drug-likeness (QED) is 0.576. The van der Waals surface area contributed by atoms with Crippen molar-refractivity contribution in [2.24, 2.45) is 11.8 Å². The lowest BCUT2D eigenvalue weighted by molar-refractivity contribution is -0.127. The van der Waals surface area contributed by atoms with E-state index in [-0.39, 0.29) is 17.4 Å². The average Bonchev–Trinajstić information content (AvgIpc) is 3.16. The van der Waals surface area contributed by atoms with Crippen molar-refractivity contribution in [3.8, 4) is 17.2 Å². The van der Waals surface area contributed by atoms with Gasteiger partial charge in [0, 0.05) is 33.1 Å². The van der Waals surface area contributed by atoms with E-state index in [9.17, 15) is 19.1 Å². The summed E-state index contributed by atoms with van der Waals surface area (Å²) in [4.78, 5) is 27.2. The van der Waals surface area contributed by atoms with Gasteiger partial charge in [-0.2, -0.15) is 0 Å². The molecule has 0 bridgehead atoms. The van der Waals surface area contributed by atoms with Crippen molar-refractivity contribution in [3.63, 3.8) is 0 Å². The van der Waals surface area contributed by atoms with Crippen LogP contribution in [0.5, 0.6) is 17.2 Å². The number of carbonyl (C=O) groups excluding carboxylic acids is 2. The fraction of sp³-hybridized carbons (Fsp3) is 0.481. The van der Waals surface area contributed by atoms with E-state index in [0.29, 0.717) is 56.0 Å². The van der Waals surface area contributed by atoms with Gasteiger partial charge in [0.15, 0.2) is 11.6 Å². The number of fused-ring (bicyclic) bond motifs is 1. The number of hydrogen-bond acceptors (Lipinski definition) is 5.